The van der Waals surface area contributed by atoms with Crippen LogP contribution >= 0.6 is 0 Å². The number of esters is 1. The largest absolute Gasteiger partial charge is 0.491 e. The lowest BCUT2D eigenvalue weighted by Gasteiger charge is -2.23. The average molecular weight is 363 g/mol. The average Bonchev–Trinajstić information content (AvgIpc) is 2.95. The lowest BCUT2D eigenvalue weighted by atomic mass is 9.82. The van der Waals surface area contributed by atoms with Crippen molar-refractivity contribution in [3.8, 4) is 17.7 Å². The molecule has 1 heterocycles. The number of fused-ring (bicyclic) bond motifs is 1. The van der Waals surface area contributed by atoms with Gasteiger partial charge in [-0.1, -0.05) is 5.92 Å². The van der Waals surface area contributed by atoms with E-state index in [1.54, 1.807) is 0 Å². The summed E-state index contributed by atoms with van der Waals surface area (Å²) in [5, 5.41) is 0. The van der Waals surface area contributed by atoms with Gasteiger partial charge in [-0.3, -0.25) is 14.5 Å². The minimum atomic E-state index is -0.990. The van der Waals surface area contributed by atoms with Crippen molar-refractivity contribution in [2.45, 2.75) is 32.2 Å². The Kier molecular flexibility index (Phi) is 5.12. The summed E-state index contributed by atoms with van der Waals surface area (Å²) in [6, 6.07) is 3.89. The van der Waals surface area contributed by atoms with Gasteiger partial charge in [-0.2, -0.15) is 0 Å². The van der Waals surface area contributed by atoms with Crippen LogP contribution < -0.4 is 4.74 Å². The number of carbonyl (C=O) groups excluding carboxylic acids is 2. The molecule has 0 radical (unpaired) electrons. The minimum absolute atomic E-state index is 0.0382. The molecule has 0 aromatic heterocycles. The lowest BCUT2D eigenvalue weighted by molar-refractivity contribution is -0.146. The Hall–Kier alpha value is -2.62. The Balaban J connectivity index is 1.70. The molecule has 5 nitrogen and oxygen atoms in total. The van der Waals surface area contributed by atoms with Crippen LogP contribution in [0.15, 0.2) is 6.07 Å². The van der Waals surface area contributed by atoms with Crippen molar-refractivity contribution in [2.75, 3.05) is 14.2 Å². The first kappa shape index (κ1) is 18.2. The van der Waals surface area contributed by atoms with Gasteiger partial charge in [0.25, 0.3) is 5.91 Å². The molecular formula is C19H19F2NO4. The molecule has 1 fully saturated rings. The van der Waals surface area contributed by atoms with Gasteiger partial charge >= 0.3 is 5.97 Å². The Bertz CT molecular complexity index is 804. The van der Waals surface area contributed by atoms with E-state index >= 15 is 0 Å². The molecule has 0 spiro atoms. The highest BCUT2D eigenvalue weighted by Crippen LogP contribution is 2.33. The van der Waals surface area contributed by atoms with Crippen molar-refractivity contribution >= 4 is 11.9 Å². The van der Waals surface area contributed by atoms with Crippen molar-refractivity contribution in [1.82, 2.24) is 4.90 Å². The molecular weight excluding hydrogens is 344 g/mol. The van der Waals surface area contributed by atoms with Crippen LogP contribution in [0.2, 0.25) is 0 Å². The Labute approximate surface area is 150 Å². The van der Waals surface area contributed by atoms with Crippen LogP contribution in [-0.2, 0) is 16.1 Å². The van der Waals surface area contributed by atoms with Crippen molar-refractivity contribution in [1.29, 1.82) is 0 Å². The predicted molar refractivity (Wildman–Crippen MR) is 88.0 cm³/mol. The maximum atomic E-state index is 14.3. The first-order valence-corrected chi connectivity index (χ1v) is 8.42. The number of nitrogens with zero attached hydrogens (tertiary/aromatic N) is 1. The topological polar surface area (TPSA) is 55.8 Å². The molecule has 0 saturated heterocycles. The number of carbonyl (C=O) groups is 2. The molecule has 1 aromatic rings. The zero-order valence-corrected chi connectivity index (χ0v) is 14.6. The Morgan fingerprint density at radius 1 is 1.23 bits per heavy atom. The van der Waals surface area contributed by atoms with E-state index in [9.17, 15) is 18.4 Å². The molecule has 3 rings (SSSR count). The second kappa shape index (κ2) is 7.32. The number of methoxy groups -OCH3 is 2. The van der Waals surface area contributed by atoms with Gasteiger partial charge in [0.05, 0.1) is 32.2 Å². The standard InChI is InChI=1S/C19H19F2NO4/c1-25-17-14(20)9-13-10-22(18(23)15(13)16(17)21)8-7-11-3-5-12(6-4-11)19(24)26-2/h9,11-12H,3-6,10H2,1-2H3. The molecule has 1 amide bonds. The molecule has 0 unspecified atom stereocenters. The van der Waals surface area contributed by atoms with Gasteiger partial charge < -0.3 is 9.47 Å². The number of amides is 1. The van der Waals surface area contributed by atoms with E-state index in [2.05, 4.69) is 16.7 Å². The summed E-state index contributed by atoms with van der Waals surface area (Å²) in [5.74, 6) is -0.198. The van der Waals surface area contributed by atoms with Crippen LogP contribution in [0.5, 0.6) is 5.75 Å². The highest BCUT2D eigenvalue weighted by atomic mass is 19.1. The molecule has 7 heteroatoms. The summed E-state index contributed by atoms with van der Waals surface area (Å²) in [5.41, 5.74) is 0.0708. The quantitative estimate of drug-likeness (QED) is 0.599. The molecule has 2 aliphatic rings. The predicted octanol–water partition coefficient (Wildman–Crippen LogP) is 2.87. The smallest absolute Gasteiger partial charge is 0.308 e. The van der Waals surface area contributed by atoms with Crippen LogP contribution in [0.3, 0.4) is 0 Å². The van der Waals surface area contributed by atoms with E-state index in [0.717, 1.165) is 26.0 Å². The van der Waals surface area contributed by atoms with Crippen LogP contribution in [0.1, 0.15) is 41.6 Å². The van der Waals surface area contributed by atoms with Gasteiger partial charge in [-0.25, -0.2) is 8.78 Å². The molecule has 26 heavy (non-hydrogen) atoms. The Morgan fingerprint density at radius 3 is 2.54 bits per heavy atom. The maximum absolute atomic E-state index is 14.3. The fourth-order valence-electron chi connectivity index (χ4n) is 3.47. The normalized spacial score (nSPS) is 21.7. The molecule has 1 aliphatic heterocycles. The minimum Gasteiger partial charge on any atom is -0.491 e. The summed E-state index contributed by atoms with van der Waals surface area (Å²) in [7, 11) is 2.53. The van der Waals surface area contributed by atoms with E-state index < -0.39 is 23.3 Å². The number of hydrogen-bond donors (Lipinski definition) is 0. The van der Waals surface area contributed by atoms with Gasteiger partial charge in [-0.15, -0.1) is 0 Å². The van der Waals surface area contributed by atoms with E-state index in [1.165, 1.54) is 12.0 Å². The van der Waals surface area contributed by atoms with Gasteiger partial charge in [-0.05, 0) is 37.3 Å². The maximum Gasteiger partial charge on any atom is 0.308 e. The number of halogens is 2. The van der Waals surface area contributed by atoms with Crippen molar-refractivity contribution in [3.05, 3.63) is 28.8 Å². The number of hydrogen-bond acceptors (Lipinski definition) is 4. The van der Waals surface area contributed by atoms with E-state index in [0.29, 0.717) is 12.8 Å². The second-order valence-corrected chi connectivity index (χ2v) is 6.46. The Morgan fingerprint density at radius 2 is 1.92 bits per heavy atom. The van der Waals surface area contributed by atoms with Crippen molar-refractivity contribution in [3.63, 3.8) is 0 Å². The highest BCUT2D eigenvalue weighted by molar-refractivity contribution is 6.00. The van der Waals surface area contributed by atoms with Crippen LogP contribution in [-0.4, -0.2) is 31.0 Å². The summed E-state index contributed by atoms with van der Waals surface area (Å²) in [6.07, 6.45) is 2.85. The second-order valence-electron chi connectivity index (χ2n) is 6.46. The SMILES string of the molecule is COC(=O)C1CCC(C#CN2Cc3cc(F)c(OC)c(F)c3C2=O)CC1. The van der Waals surface area contributed by atoms with E-state index in [4.69, 9.17) is 4.74 Å². The molecule has 0 N–H and O–H groups in total. The van der Waals surface area contributed by atoms with Gasteiger partial charge in [0, 0.05) is 12.0 Å². The van der Waals surface area contributed by atoms with Gasteiger partial charge in [0.15, 0.2) is 17.4 Å². The summed E-state index contributed by atoms with van der Waals surface area (Å²) >= 11 is 0. The van der Waals surface area contributed by atoms with Crippen LogP contribution in [0, 0.1) is 35.4 Å². The van der Waals surface area contributed by atoms with Crippen LogP contribution in [0.25, 0.3) is 0 Å². The molecule has 1 aromatic carbocycles. The summed E-state index contributed by atoms with van der Waals surface area (Å²) in [6.45, 7) is 0.0382. The number of benzene rings is 1. The monoisotopic (exact) mass is 363 g/mol. The first-order chi connectivity index (χ1) is 12.5. The van der Waals surface area contributed by atoms with Crippen molar-refractivity contribution < 1.29 is 27.8 Å². The first-order valence-electron chi connectivity index (χ1n) is 8.42. The molecule has 0 atom stereocenters. The third-order valence-electron chi connectivity index (χ3n) is 4.91. The third-order valence-corrected chi connectivity index (χ3v) is 4.91. The van der Waals surface area contributed by atoms with E-state index in [-0.39, 0.29) is 35.5 Å². The third kappa shape index (κ3) is 3.24. The van der Waals surface area contributed by atoms with Crippen LogP contribution in [0.4, 0.5) is 8.78 Å². The van der Waals surface area contributed by atoms with Gasteiger partial charge in [0.1, 0.15) is 0 Å². The fraction of sp³-hybridized carbons (Fsp3) is 0.474. The van der Waals surface area contributed by atoms with Crippen molar-refractivity contribution in [2.24, 2.45) is 11.8 Å². The van der Waals surface area contributed by atoms with E-state index in [1.807, 2.05) is 0 Å². The van der Waals surface area contributed by atoms with Gasteiger partial charge in [0.2, 0.25) is 0 Å². The molecule has 138 valence electrons. The fourth-order valence-corrected chi connectivity index (χ4v) is 3.47. The zero-order valence-electron chi connectivity index (χ0n) is 14.6. The molecule has 1 aliphatic carbocycles. The molecule has 0 bridgehead atoms. The summed E-state index contributed by atoms with van der Waals surface area (Å²) < 4.78 is 37.5. The lowest BCUT2D eigenvalue weighted by Crippen LogP contribution is -2.23. The number of rotatable bonds is 2. The molecule has 1 saturated carbocycles. The number of ether oxygens (including phenoxy) is 2. The highest BCUT2D eigenvalue weighted by Gasteiger charge is 2.34. The summed E-state index contributed by atoms with van der Waals surface area (Å²) in [4.78, 5) is 25.1. The zero-order chi connectivity index (χ0) is 18.8.